The minimum Gasteiger partial charge on any atom is -0.745 e. The van der Waals surface area contributed by atoms with Gasteiger partial charge in [0.15, 0.2) is 17.7 Å². The van der Waals surface area contributed by atoms with Crippen LogP contribution in [0.15, 0.2) is 29.4 Å². The summed E-state index contributed by atoms with van der Waals surface area (Å²) in [6, 6.07) is 3.24. The van der Waals surface area contributed by atoms with E-state index in [2.05, 4.69) is 24.7 Å². The van der Waals surface area contributed by atoms with E-state index in [-0.39, 0.29) is 63.4 Å². The van der Waals surface area contributed by atoms with Gasteiger partial charge in [0.2, 0.25) is 5.91 Å². The number of phosphoric ester groups is 1. The molecule has 0 spiro atoms. The minimum atomic E-state index is -5.18. The maximum Gasteiger partial charge on any atom is 1.00 e. The number of amides is 1. The van der Waals surface area contributed by atoms with Crippen molar-refractivity contribution in [1.82, 2.24) is 14.5 Å². The Morgan fingerprint density at radius 2 is 1.98 bits per heavy atom. The number of carbonyl (C=O) groups excluding carboxylic acids is 2. The Kier molecular flexibility index (Phi) is 9.37. The second-order valence-corrected chi connectivity index (χ2v) is 10.4. The molecule has 1 N–H and O–H groups in total. The summed E-state index contributed by atoms with van der Waals surface area (Å²) in [6.45, 7) is 0. The average Bonchev–Trinajstić information content (AvgIpc) is 3.75. The fourth-order valence-electron chi connectivity index (χ4n) is 4.00. The fourth-order valence-corrected chi connectivity index (χ4v) is 4.42. The number of hydrogen-bond acceptors (Lipinski definition) is 11. The van der Waals surface area contributed by atoms with Gasteiger partial charge in [-0.3, -0.25) is 14.0 Å². The molecule has 14 nitrogen and oxygen atoms in total. The van der Waals surface area contributed by atoms with Crippen LogP contribution in [0.5, 0.6) is 5.75 Å². The molecule has 1 aromatic carbocycles. The summed E-state index contributed by atoms with van der Waals surface area (Å²) in [5.74, 6) is -3.01. The first-order valence-electron chi connectivity index (χ1n) is 13.4. The van der Waals surface area contributed by atoms with Crippen molar-refractivity contribution in [1.29, 1.82) is 0 Å². The van der Waals surface area contributed by atoms with Crippen LogP contribution in [-0.2, 0) is 30.4 Å². The molecule has 1 saturated carbocycles. The minimum absolute atomic E-state index is 0. The van der Waals surface area contributed by atoms with Crippen molar-refractivity contribution in [2.75, 3.05) is 33.7 Å². The second kappa shape index (κ2) is 13.4. The first-order chi connectivity index (χ1) is 20.9. The Morgan fingerprint density at radius 3 is 2.53 bits per heavy atom. The predicted octanol–water partition coefficient (Wildman–Crippen LogP) is -0.452. The van der Waals surface area contributed by atoms with Gasteiger partial charge in [-0.05, 0) is 18.9 Å². The Balaban J connectivity index is 0.00000576. The van der Waals surface area contributed by atoms with Gasteiger partial charge >= 0.3 is 49.5 Å². The first kappa shape index (κ1) is 30.1. The van der Waals surface area contributed by atoms with E-state index in [0.29, 0.717) is 17.6 Å². The predicted molar refractivity (Wildman–Crippen MR) is 137 cm³/mol. The quantitative estimate of drug-likeness (QED) is 0.174. The summed E-state index contributed by atoms with van der Waals surface area (Å²) in [5.41, 5.74) is -0.938. The monoisotopic (exact) mass is 642 g/mol. The Morgan fingerprint density at radius 1 is 1.28 bits per heavy atom. The van der Waals surface area contributed by atoms with E-state index in [1.807, 2.05) is 0 Å². The molecule has 0 bridgehead atoms. The molecule has 43 heavy (non-hydrogen) atoms. The third kappa shape index (κ3) is 7.42. The number of phosphoric acid groups is 1. The number of fused-ring (bicyclic) bond motifs is 1. The van der Waals surface area contributed by atoms with Gasteiger partial charge in [0.05, 0.1) is 40.8 Å². The number of pyridine rings is 1. The van der Waals surface area contributed by atoms with Crippen molar-refractivity contribution >= 4 is 42.2 Å². The molecule has 2 aromatic heterocycles. The van der Waals surface area contributed by atoms with Crippen LogP contribution in [-0.4, -0.2) is 60.9 Å². The van der Waals surface area contributed by atoms with Gasteiger partial charge in [0.1, 0.15) is 11.3 Å². The summed E-state index contributed by atoms with van der Waals surface area (Å²) in [4.78, 5) is 41.8. The van der Waals surface area contributed by atoms with E-state index in [0.717, 1.165) is 39.7 Å². The van der Waals surface area contributed by atoms with Gasteiger partial charge in [-0.1, -0.05) is 6.07 Å². The third-order valence-electron chi connectivity index (χ3n) is 6.16. The number of esters is 1. The molecule has 0 radical (unpaired) electrons. The topological polar surface area (TPSA) is 168 Å². The van der Waals surface area contributed by atoms with E-state index >= 15 is 0 Å². The van der Waals surface area contributed by atoms with Crippen molar-refractivity contribution in [3.8, 4) is 5.75 Å². The number of anilines is 1. The molecular formula is C24H26F3N5NaO9P. The summed E-state index contributed by atoms with van der Waals surface area (Å²) < 4.78 is 101. The number of carbonyl (C=O) groups is 2. The second-order valence-electron chi connectivity index (χ2n) is 8.93. The zero-order valence-corrected chi connectivity index (χ0v) is 26.3. The number of aryl methyl sites for hydroxylation is 1. The number of nitrogens with zero attached hydrogens (tertiary/aromatic N) is 4. The molecule has 0 saturated heterocycles. The number of nitrogens with one attached hydrogen (secondary N) is 1. The molecule has 19 heteroatoms. The molecule has 4 rings (SSSR count). The number of alkyl halides is 3. The Hall–Kier alpha value is -2.92. The van der Waals surface area contributed by atoms with Crippen molar-refractivity contribution in [2.24, 2.45) is 18.0 Å². The van der Waals surface area contributed by atoms with Crippen LogP contribution >= 0.6 is 7.82 Å². The normalized spacial score (nSPS) is 17.1. The standard InChI is InChI=1S/C24H27F3N5O9P.Na/c1-31-16-9-8-13(20(38-3)24(25,26)27)19(37-2)18(16)21(30-31)28-15-10-17(29-22(33)12-6-7-12)32(41-42(35,36)40-5)11-14(15)23(34)39-4;/h8-12,20H,6-7H2,1-5H3,(H,29,33)(H,35,36);/q;+1/p-1/t20-;/m0./s1/i3D3;. The van der Waals surface area contributed by atoms with E-state index in [1.54, 1.807) is 0 Å². The molecule has 1 unspecified atom stereocenters. The molecular weight excluding hydrogens is 613 g/mol. The number of halogens is 3. The number of methoxy groups -OCH3 is 3. The maximum absolute atomic E-state index is 14.1. The van der Waals surface area contributed by atoms with Crippen molar-refractivity contribution in [3.05, 3.63) is 40.9 Å². The SMILES string of the molecule is [2H]C([2H])([2H])O[C@@H](c1ccc2c(c(N=c3cc(NC(=O)C4CC4)n(OP(=O)([O-])OC)cc3C(=O)OC)nn2C)c1OC)C(F)(F)F.[Na+]. The Labute approximate surface area is 268 Å². The van der Waals surface area contributed by atoms with Gasteiger partial charge in [-0.25, -0.2) is 9.79 Å². The summed E-state index contributed by atoms with van der Waals surface area (Å²) in [5, 5.41) is 6.29. The molecule has 2 heterocycles. The summed E-state index contributed by atoms with van der Waals surface area (Å²) >= 11 is 0. The van der Waals surface area contributed by atoms with Gasteiger partial charge in [0, 0.05) is 38.7 Å². The molecule has 1 fully saturated rings. The summed E-state index contributed by atoms with van der Waals surface area (Å²) in [7, 11) is -4.11. The van der Waals surface area contributed by atoms with Crippen LogP contribution in [0.3, 0.4) is 0 Å². The van der Waals surface area contributed by atoms with Crippen molar-refractivity contribution < 1.29 is 89.2 Å². The molecule has 3 aromatic rings. The smallest absolute Gasteiger partial charge is 0.745 e. The fraction of sp³-hybridized carbons (Fsp3) is 0.417. The van der Waals surface area contributed by atoms with E-state index < -0.39 is 55.9 Å². The first-order valence-corrected chi connectivity index (χ1v) is 13.4. The Bertz CT molecular complexity index is 1760. The van der Waals surface area contributed by atoms with Crippen LogP contribution in [0.25, 0.3) is 10.9 Å². The molecule has 1 amide bonds. The summed E-state index contributed by atoms with van der Waals surface area (Å²) in [6.07, 6.45) is -6.13. The van der Waals surface area contributed by atoms with Crippen molar-refractivity contribution in [3.63, 3.8) is 0 Å². The van der Waals surface area contributed by atoms with Crippen LogP contribution in [0.4, 0.5) is 24.8 Å². The number of aromatic nitrogens is 3. The van der Waals surface area contributed by atoms with E-state index in [9.17, 15) is 32.2 Å². The number of ether oxygens (including phenoxy) is 3. The van der Waals surface area contributed by atoms with E-state index in [1.165, 1.54) is 17.8 Å². The van der Waals surface area contributed by atoms with E-state index in [4.69, 9.17) is 18.2 Å². The van der Waals surface area contributed by atoms with Crippen LogP contribution in [0.2, 0.25) is 0 Å². The molecule has 2 atom stereocenters. The van der Waals surface area contributed by atoms with Gasteiger partial charge in [-0.15, -0.1) is 0 Å². The third-order valence-corrected chi connectivity index (χ3v) is 6.98. The zero-order chi connectivity index (χ0) is 33.5. The molecule has 228 valence electrons. The van der Waals surface area contributed by atoms with Gasteiger partial charge in [0.25, 0.3) is 0 Å². The maximum atomic E-state index is 14.1. The van der Waals surface area contributed by atoms with Gasteiger partial charge < -0.3 is 33.6 Å². The zero-order valence-electron chi connectivity index (χ0n) is 26.4. The molecule has 1 aliphatic carbocycles. The number of hydrogen-bond donors (Lipinski definition) is 1. The van der Waals surface area contributed by atoms with Crippen LogP contribution < -0.4 is 54.5 Å². The van der Waals surface area contributed by atoms with Crippen LogP contribution in [0.1, 0.15) is 39.0 Å². The molecule has 1 aliphatic rings. The van der Waals surface area contributed by atoms with Crippen LogP contribution in [0, 0.1) is 5.92 Å². The molecule has 0 aliphatic heterocycles. The number of benzene rings is 1. The number of rotatable bonds is 10. The largest absolute Gasteiger partial charge is 1.00 e. The van der Waals surface area contributed by atoms with Crippen molar-refractivity contribution in [2.45, 2.75) is 25.1 Å². The van der Waals surface area contributed by atoms with Gasteiger partial charge in [-0.2, -0.15) is 23.0 Å². The average molecular weight is 642 g/mol.